The van der Waals surface area contributed by atoms with Gasteiger partial charge in [-0.15, -0.1) is 0 Å². The first kappa shape index (κ1) is 14.2. The molecule has 0 aromatic heterocycles. The van der Waals surface area contributed by atoms with E-state index in [0.29, 0.717) is 11.6 Å². The summed E-state index contributed by atoms with van der Waals surface area (Å²) in [4.78, 5) is 22.4. The summed E-state index contributed by atoms with van der Waals surface area (Å²) in [6, 6.07) is 4.09. The van der Waals surface area contributed by atoms with Crippen molar-refractivity contribution in [3.63, 3.8) is 0 Å². The highest BCUT2D eigenvalue weighted by Gasteiger charge is 2.32. The van der Waals surface area contributed by atoms with E-state index in [-0.39, 0.29) is 17.4 Å². The van der Waals surface area contributed by atoms with Crippen LogP contribution in [-0.2, 0) is 9.59 Å². The molecule has 1 atom stereocenters. The van der Waals surface area contributed by atoms with E-state index in [2.05, 4.69) is 5.32 Å². The number of carbonyl (C=O) groups is 2. The number of benzene rings is 1. The van der Waals surface area contributed by atoms with Crippen LogP contribution in [0, 0.1) is 17.7 Å². The van der Waals surface area contributed by atoms with Gasteiger partial charge in [-0.05, 0) is 43.0 Å². The summed E-state index contributed by atoms with van der Waals surface area (Å²) >= 11 is 0. The SMILES string of the molecule is CC(C(=O)Nc1ccc(F)c(/C=C/C(=O)O)c1)C1CC1. The van der Waals surface area contributed by atoms with Crippen molar-refractivity contribution in [3.05, 3.63) is 35.7 Å². The minimum absolute atomic E-state index is 0.0573. The number of hydrogen-bond donors (Lipinski definition) is 2. The van der Waals surface area contributed by atoms with Gasteiger partial charge in [0.2, 0.25) is 5.91 Å². The second kappa shape index (κ2) is 5.86. The van der Waals surface area contributed by atoms with Crippen LogP contribution < -0.4 is 5.32 Å². The molecule has 2 N–H and O–H groups in total. The van der Waals surface area contributed by atoms with Gasteiger partial charge in [-0.25, -0.2) is 9.18 Å². The maximum Gasteiger partial charge on any atom is 0.328 e. The van der Waals surface area contributed by atoms with Crippen LogP contribution in [0.25, 0.3) is 6.08 Å². The van der Waals surface area contributed by atoms with Gasteiger partial charge in [-0.2, -0.15) is 0 Å². The Labute approximate surface area is 116 Å². The molecule has 1 aromatic rings. The summed E-state index contributed by atoms with van der Waals surface area (Å²) in [7, 11) is 0. The Morgan fingerprint density at radius 3 is 2.75 bits per heavy atom. The third kappa shape index (κ3) is 3.66. The van der Waals surface area contributed by atoms with Crippen molar-refractivity contribution in [2.24, 2.45) is 11.8 Å². The van der Waals surface area contributed by atoms with E-state index in [1.54, 1.807) is 0 Å². The average molecular weight is 277 g/mol. The fourth-order valence-electron chi connectivity index (χ4n) is 1.98. The van der Waals surface area contributed by atoms with Crippen molar-refractivity contribution in [3.8, 4) is 0 Å². The number of carboxylic acid groups (broad SMARTS) is 1. The molecular weight excluding hydrogens is 261 g/mol. The Kier molecular flexibility index (Phi) is 4.17. The number of carboxylic acids is 1. The zero-order valence-corrected chi connectivity index (χ0v) is 11.1. The molecule has 1 aliphatic rings. The highest BCUT2D eigenvalue weighted by atomic mass is 19.1. The number of hydrogen-bond acceptors (Lipinski definition) is 2. The largest absolute Gasteiger partial charge is 0.478 e. The summed E-state index contributed by atoms with van der Waals surface area (Å²) in [5.41, 5.74) is 0.596. The number of aliphatic carboxylic acids is 1. The third-order valence-corrected chi connectivity index (χ3v) is 3.41. The summed E-state index contributed by atoms with van der Waals surface area (Å²) < 4.78 is 13.5. The van der Waals surface area contributed by atoms with Crippen LogP contribution in [0.15, 0.2) is 24.3 Å². The predicted molar refractivity (Wildman–Crippen MR) is 73.6 cm³/mol. The molecule has 0 aliphatic heterocycles. The van der Waals surface area contributed by atoms with E-state index >= 15 is 0 Å². The van der Waals surface area contributed by atoms with Gasteiger partial charge in [-0.1, -0.05) is 6.92 Å². The Balaban J connectivity index is 2.10. The molecule has 1 fully saturated rings. The molecule has 1 unspecified atom stereocenters. The zero-order chi connectivity index (χ0) is 14.7. The molecule has 2 rings (SSSR count). The van der Waals surface area contributed by atoms with Gasteiger partial charge in [0.25, 0.3) is 0 Å². The van der Waals surface area contributed by atoms with E-state index in [4.69, 9.17) is 5.11 Å². The highest BCUT2D eigenvalue weighted by molar-refractivity contribution is 5.93. The Morgan fingerprint density at radius 1 is 1.45 bits per heavy atom. The van der Waals surface area contributed by atoms with Crippen molar-refractivity contribution >= 4 is 23.6 Å². The van der Waals surface area contributed by atoms with E-state index < -0.39 is 11.8 Å². The average Bonchev–Trinajstić information content (AvgIpc) is 3.22. The summed E-state index contributed by atoms with van der Waals surface area (Å²) in [5, 5.41) is 11.3. The fraction of sp³-hybridized carbons (Fsp3) is 0.333. The molecule has 1 saturated carbocycles. The first-order valence-corrected chi connectivity index (χ1v) is 6.49. The molecule has 1 aliphatic carbocycles. The van der Waals surface area contributed by atoms with Gasteiger partial charge in [0.15, 0.2) is 0 Å². The molecule has 4 nitrogen and oxygen atoms in total. The van der Waals surface area contributed by atoms with E-state index in [1.165, 1.54) is 18.2 Å². The first-order chi connectivity index (χ1) is 9.47. The van der Waals surface area contributed by atoms with Gasteiger partial charge >= 0.3 is 5.97 Å². The van der Waals surface area contributed by atoms with Crippen LogP contribution in [0.2, 0.25) is 0 Å². The summed E-state index contributed by atoms with van der Waals surface area (Å²) in [6.45, 7) is 1.88. The van der Waals surface area contributed by atoms with Crippen molar-refractivity contribution in [1.29, 1.82) is 0 Å². The van der Waals surface area contributed by atoms with Gasteiger partial charge in [0.05, 0.1) is 0 Å². The first-order valence-electron chi connectivity index (χ1n) is 6.49. The molecule has 0 bridgehead atoms. The number of amides is 1. The van der Waals surface area contributed by atoms with Crippen molar-refractivity contribution < 1.29 is 19.1 Å². The number of anilines is 1. The number of carbonyl (C=O) groups excluding carboxylic acids is 1. The normalized spacial score (nSPS) is 16.1. The van der Waals surface area contributed by atoms with Gasteiger partial charge in [0, 0.05) is 23.2 Å². The molecule has 0 radical (unpaired) electrons. The van der Waals surface area contributed by atoms with E-state index in [1.807, 2.05) is 6.92 Å². The summed E-state index contributed by atoms with van der Waals surface area (Å²) in [5.74, 6) is -1.39. The standard InChI is InChI=1S/C15H16FNO3/c1-9(10-2-3-10)15(20)17-12-5-6-13(16)11(8-12)4-7-14(18)19/h4-10H,2-3H2,1H3,(H,17,20)(H,18,19)/b7-4+. The number of halogens is 1. The van der Waals surface area contributed by atoms with E-state index in [9.17, 15) is 14.0 Å². The quantitative estimate of drug-likeness (QED) is 0.813. The van der Waals surface area contributed by atoms with Crippen LogP contribution >= 0.6 is 0 Å². The lowest BCUT2D eigenvalue weighted by atomic mass is 10.1. The van der Waals surface area contributed by atoms with Crippen LogP contribution in [0.4, 0.5) is 10.1 Å². The van der Waals surface area contributed by atoms with Crippen molar-refractivity contribution in [2.45, 2.75) is 19.8 Å². The van der Waals surface area contributed by atoms with Crippen molar-refractivity contribution in [2.75, 3.05) is 5.32 Å². The molecule has 5 heteroatoms. The van der Waals surface area contributed by atoms with Gasteiger partial charge in [0.1, 0.15) is 5.82 Å². The molecule has 1 aromatic carbocycles. The maximum atomic E-state index is 13.5. The molecule has 106 valence electrons. The molecule has 20 heavy (non-hydrogen) atoms. The second-order valence-corrected chi connectivity index (χ2v) is 5.02. The van der Waals surface area contributed by atoms with Gasteiger partial charge in [-0.3, -0.25) is 4.79 Å². The predicted octanol–water partition coefficient (Wildman–Crippen LogP) is 2.91. The minimum Gasteiger partial charge on any atom is -0.478 e. The number of nitrogens with one attached hydrogen (secondary N) is 1. The maximum absolute atomic E-state index is 13.5. The summed E-state index contributed by atoms with van der Waals surface area (Å²) in [6.07, 6.45) is 4.17. The fourth-order valence-corrected chi connectivity index (χ4v) is 1.98. The molecule has 0 heterocycles. The highest BCUT2D eigenvalue weighted by Crippen LogP contribution is 2.37. The van der Waals surface area contributed by atoms with Crippen LogP contribution in [0.1, 0.15) is 25.3 Å². The Morgan fingerprint density at radius 2 is 2.15 bits per heavy atom. The lowest BCUT2D eigenvalue weighted by molar-refractivity contribution is -0.131. The Hall–Kier alpha value is -2.17. The van der Waals surface area contributed by atoms with Crippen LogP contribution in [0.5, 0.6) is 0 Å². The van der Waals surface area contributed by atoms with E-state index in [0.717, 1.165) is 25.0 Å². The lowest BCUT2D eigenvalue weighted by Gasteiger charge is -2.11. The van der Waals surface area contributed by atoms with Crippen LogP contribution in [-0.4, -0.2) is 17.0 Å². The van der Waals surface area contributed by atoms with Crippen LogP contribution in [0.3, 0.4) is 0 Å². The van der Waals surface area contributed by atoms with Gasteiger partial charge < -0.3 is 10.4 Å². The molecule has 0 spiro atoms. The van der Waals surface area contributed by atoms with Crippen molar-refractivity contribution in [1.82, 2.24) is 0 Å². The number of rotatable bonds is 5. The molecular formula is C15H16FNO3. The topological polar surface area (TPSA) is 66.4 Å². The monoisotopic (exact) mass is 277 g/mol. The molecule has 1 amide bonds. The molecule has 0 saturated heterocycles. The third-order valence-electron chi connectivity index (χ3n) is 3.41. The minimum atomic E-state index is -1.15. The second-order valence-electron chi connectivity index (χ2n) is 5.02. The lowest BCUT2D eigenvalue weighted by Crippen LogP contribution is -2.21. The smallest absolute Gasteiger partial charge is 0.328 e. The zero-order valence-electron chi connectivity index (χ0n) is 11.1. The Bertz CT molecular complexity index is 564.